The molecular formula is C17H17N. The van der Waals surface area contributed by atoms with E-state index in [-0.39, 0.29) is 0 Å². The minimum absolute atomic E-state index is 1.31. The van der Waals surface area contributed by atoms with Crippen LogP contribution in [0.25, 0.3) is 21.5 Å². The molecule has 0 bridgehead atoms. The third-order valence-corrected chi connectivity index (χ3v) is 3.62. The number of hydrogen-bond donors (Lipinski definition) is 0. The lowest BCUT2D eigenvalue weighted by molar-refractivity contribution is 1.15. The van der Waals surface area contributed by atoms with E-state index in [4.69, 9.17) is 0 Å². The Morgan fingerprint density at radius 1 is 0.667 bits per heavy atom. The van der Waals surface area contributed by atoms with Crippen LogP contribution >= 0.6 is 0 Å². The van der Waals surface area contributed by atoms with Crippen LogP contribution in [0, 0.1) is 6.92 Å². The molecule has 1 heteroatoms. The Labute approximate surface area is 108 Å². The van der Waals surface area contributed by atoms with Crippen molar-refractivity contribution >= 4 is 27.2 Å². The van der Waals surface area contributed by atoms with E-state index in [0.29, 0.717) is 0 Å². The van der Waals surface area contributed by atoms with E-state index in [0.717, 1.165) is 0 Å². The smallest absolute Gasteiger partial charge is 0.0520 e. The molecule has 0 saturated heterocycles. The maximum absolute atomic E-state index is 2.21. The van der Waals surface area contributed by atoms with Gasteiger partial charge >= 0.3 is 0 Å². The highest BCUT2D eigenvalue weighted by atomic mass is 15.1. The molecule has 0 aliphatic carbocycles. The first-order chi connectivity index (χ1) is 8.70. The monoisotopic (exact) mass is 235 g/mol. The van der Waals surface area contributed by atoms with Crippen LogP contribution in [-0.4, -0.2) is 14.1 Å². The summed E-state index contributed by atoms with van der Waals surface area (Å²) in [4.78, 5) is 2.21. The second-order valence-corrected chi connectivity index (χ2v) is 4.96. The second kappa shape index (κ2) is 4.02. The lowest BCUT2D eigenvalue weighted by atomic mass is 9.95. The van der Waals surface area contributed by atoms with E-state index in [1.807, 2.05) is 0 Å². The molecule has 0 radical (unpaired) electrons. The van der Waals surface area contributed by atoms with E-state index in [1.54, 1.807) is 0 Å². The van der Waals surface area contributed by atoms with Crippen LogP contribution in [0.15, 0.2) is 48.5 Å². The SMILES string of the molecule is Cc1c2ccccc2c(N(C)C)c2ccccc12. The zero-order valence-corrected chi connectivity index (χ0v) is 11.1. The number of aryl methyl sites for hydroxylation is 1. The maximum atomic E-state index is 2.21. The molecule has 0 heterocycles. The lowest BCUT2D eigenvalue weighted by Gasteiger charge is -2.20. The standard InChI is InChI=1S/C17H17N/c1-12-13-8-4-6-10-15(13)17(18(2)3)16-11-7-5-9-14(12)16/h4-11H,1-3H3. The Bertz CT molecular complexity index is 669. The summed E-state index contributed by atoms with van der Waals surface area (Å²) in [7, 11) is 4.23. The van der Waals surface area contributed by atoms with Gasteiger partial charge in [0, 0.05) is 24.9 Å². The van der Waals surface area contributed by atoms with E-state index >= 15 is 0 Å². The fraction of sp³-hybridized carbons (Fsp3) is 0.176. The van der Waals surface area contributed by atoms with E-state index in [2.05, 4.69) is 74.4 Å². The predicted octanol–water partition coefficient (Wildman–Crippen LogP) is 4.37. The van der Waals surface area contributed by atoms with Gasteiger partial charge in [-0.15, -0.1) is 0 Å². The van der Waals surface area contributed by atoms with Crippen LogP contribution in [0.2, 0.25) is 0 Å². The third-order valence-electron chi connectivity index (χ3n) is 3.62. The van der Waals surface area contributed by atoms with E-state index < -0.39 is 0 Å². The van der Waals surface area contributed by atoms with Crippen molar-refractivity contribution in [3.8, 4) is 0 Å². The van der Waals surface area contributed by atoms with Gasteiger partial charge in [0.05, 0.1) is 5.69 Å². The van der Waals surface area contributed by atoms with Gasteiger partial charge in [0.15, 0.2) is 0 Å². The Balaban J connectivity index is 2.63. The van der Waals surface area contributed by atoms with Crippen LogP contribution in [0.3, 0.4) is 0 Å². The number of fused-ring (bicyclic) bond motifs is 2. The number of benzene rings is 3. The quantitative estimate of drug-likeness (QED) is 0.566. The Kier molecular flexibility index (Phi) is 2.48. The molecule has 0 aliphatic heterocycles. The summed E-state index contributed by atoms with van der Waals surface area (Å²) in [6, 6.07) is 17.3. The topological polar surface area (TPSA) is 3.24 Å². The number of anilines is 1. The third kappa shape index (κ3) is 1.47. The van der Waals surface area contributed by atoms with Gasteiger partial charge < -0.3 is 4.90 Å². The lowest BCUT2D eigenvalue weighted by Crippen LogP contribution is -2.10. The Morgan fingerprint density at radius 2 is 1.06 bits per heavy atom. The van der Waals surface area contributed by atoms with E-state index in [9.17, 15) is 0 Å². The van der Waals surface area contributed by atoms with E-state index in [1.165, 1.54) is 32.8 Å². The maximum Gasteiger partial charge on any atom is 0.0520 e. The van der Waals surface area contributed by atoms with Crippen molar-refractivity contribution in [1.29, 1.82) is 0 Å². The highest BCUT2D eigenvalue weighted by Gasteiger charge is 2.11. The summed E-state index contributed by atoms with van der Waals surface area (Å²) in [6.07, 6.45) is 0. The summed E-state index contributed by atoms with van der Waals surface area (Å²) >= 11 is 0. The molecule has 0 aliphatic rings. The molecule has 0 aromatic heterocycles. The fourth-order valence-electron chi connectivity index (χ4n) is 2.81. The van der Waals surface area contributed by atoms with Crippen LogP contribution in [0.5, 0.6) is 0 Å². The highest BCUT2D eigenvalue weighted by molar-refractivity contribution is 6.13. The first kappa shape index (κ1) is 11.1. The number of nitrogens with zero attached hydrogens (tertiary/aromatic N) is 1. The largest absolute Gasteiger partial charge is 0.377 e. The van der Waals surface area contributed by atoms with Crippen LogP contribution in [0.4, 0.5) is 5.69 Å². The number of rotatable bonds is 1. The van der Waals surface area contributed by atoms with Crippen molar-refractivity contribution in [2.75, 3.05) is 19.0 Å². The molecule has 3 rings (SSSR count). The normalized spacial score (nSPS) is 11.1. The van der Waals surface area contributed by atoms with Crippen molar-refractivity contribution in [3.63, 3.8) is 0 Å². The minimum atomic E-state index is 1.31. The molecule has 3 aromatic carbocycles. The molecule has 0 spiro atoms. The van der Waals surface area contributed by atoms with Gasteiger partial charge in [0.2, 0.25) is 0 Å². The first-order valence-corrected chi connectivity index (χ1v) is 6.27. The Hall–Kier alpha value is -2.02. The summed E-state index contributed by atoms with van der Waals surface area (Å²) in [6.45, 7) is 2.21. The minimum Gasteiger partial charge on any atom is -0.377 e. The number of hydrogen-bond acceptors (Lipinski definition) is 1. The molecule has 0 unspecified atom stereocenters. The summed E-state index contributed by atoms with van der Waals surface area (Å²) in [5, 5.41) is 5.36. The molecule has 18 heavy (non-hydrogen) atoms. The van der Waals surface area contributed by atoms with Crippen LogP contribution in [0.1, 0.15) is 5.56 Å². The summed E-state index contributed by atoms with van der Waals surface area (Å²) in [5.74, 6) is 0. The van der Waals surface area contributed by atoms with Gasteiger partial charge in [-0.1, -0.05) is 48.5 Å². The average molecular weight is 235 g/mol. The van der Waals surface area contributed by atoms with Crippen molar-refractivity contribution in [3.05, 3.63) is 54.1 Å². The van der Waals surface area contributed by atoms with Gasteiger partial charge in [0.25, 0.3) is 0 Å². The summed E-state index contributed by atoms with van der Waals surface area (Å²) in [5.41, 5.74) is 2.68. The molecule has 0 N–H and O–H groups in total. The molecule has 0 fully saturated rings. The van der Waals surface area contributed by atoms with Gasteiger partial charge in [-0.2, -0.15) is 0 Å². The zero-order valence-electron chi connectivity index (χ0n) is 11.1. The van der Waals surface area contributed by atoms with Crippen LogP contribution in [-0.2, 0) is 0 Å². The van der Waals surface area contributed by atoms with Gasteiger partial charge in [-0.05, 0) is 23.3 Å². The van der Waals surface area contributed by atoms with Crippen molar-refractivity contribution in [2.45, 2.75) is 6.92 Å². The van der Waals surface area contributed by atoms with Crippen molar-refractivity contribution < 1.29 is 0 Å². The Morgan fingerprint density at radius 3 is 1.44 bits per heavy atom. The first-order valence-electron chi connectivity index (χ1n) is 6.27. The molecular weight excluding hydrogens is 218 g/mol. The predicted molar refractivity (Wildman–Crippen MR) is 80.5 cm³/mol. The van der Waals surface area contributed by atoms with Crippen molar-refractivity contribution in [1.82, 2.24) is 0 Å². The van der Waals surface area contributed by atoms with Crippen molar-refractivity contribution in [2.24, 2.45) is 0 Å². The second-order valence-electron chi connectivity index (χ2n) is 4.96. The zero-order chi connectivity index (χ0) is 12.7. The molecule has 1 nitrogen and oxygen atoms in total. The fourth-order valence-corrected chi connectivity index (χ4v) is 2.81. The van der Waals surface area contributed by atoms with Gasteiger partial charge in [0.1, 0.15) is 0 Å². The molecule has 0 saturated carbocycles. The molecule has 0 atom stereocenters. The molecule has 3 aromatic rings. The summed E-state index contributed by atoms with van der Waals surface area (Å²) < 4.78 is 0. The molecule has 90 valence electrons. The average Bonchev–Trinajstić information content (AvgIpc) is 2.39. The molecule has 0 amide bonds. The van der Waals surface area contributed by atoms with Gasteiger partial charge in [-0.25, -0.2) is 0 Å². The van der Waals surface area contributed by atoms with Gasteiger partial charge in [-0.3, -0.25) is 0 Å². The highest BCUT2D eigenvalue weighted by Crippen LogP contribution is 2.37. The van der Waals surface area contributed by atoms with Crippen LogP contribution < -0.4 is 4.90 Å².